The lowest BCUT2D eigenvalue weighted by Crippen LogP contribution is -2.50. The standard InChI is InChI=1S/C16H22N4O2/c1-12-10-13-11-14(2-3-15(13)17-12)18-16(22)20-6-4-19(5-7-20)8-9-21/h2-3,10-11,17,21H,4-9H2,1H3,(H,18,22). The molecule has 3 N–H and O–H groups in total. The van der Waals surface area contributed by atoms with Crippen molar-refractivity contribution < 1.29 is 9.90 Å². The van der Waals surface area contributed by atoms with Crippen LogP contribution in [-0.4, -0.2) is 65.3 Å². The van der Waals surface area contributed by atoms with Crippen molar-refractivity contribution in [3.63, 3.8) is 0 Å². The molecule has 0 bridgehead atoms. The average molecular weight is 302 g/mol. The summed E-state index contributed by atoms with van der Waals surface area (Å²) in [5.41, 5.74) is 3.00. The SMILES string of the molecule is Cc1cc2cc(NC(=O)N3CCN(CCO)CC3)ccc2[nH]1. The average Bonchev–Trinajstić information content (AvgIpc) is 2.87. The maximum Gasteiger partial charge on any atom is 0.321 e. The van der Waals surface area contributed by atoms with Crippen LogP contribution in [0.2, 0.25) is 0 Å². The minimum Gasteiger partial charge on any atom is -0.395 e. The van der Waals surface area contributed by atoms with Gasteiger partial charge in [0.2, 0.25) is 0 Å². The number of hydrogen-bond donors (Lipinski definition) is 3. The second kappa shape index (κ2) is 6.37. The summed E-state index contributed by atoms with van der Waals surface area (Å²) in [4.78, 5) is 19.6. The second-order valence-corrected chi connectivity index (χ2v) is 5.74. The Bertz CT molecular complexity index is 659. The summed E-state index contributed by atoms with van der Waals surface area (Å²) in [6.45, 7) is 5.87. The van der Waals surface area contributed by atoms with Crippen LogP contribution in [0.15, 0.2) is 24.3 Å². The van der Waals surface area contributed by atoms with Crippen LogP contribution in [0.1, 0.15) is 5.69 Å². The Morgan fingerprint density at radius 2 is 2.05 bits per heavy atom. The van der Waals surface area contributed by atoms with Crippen LogP contribution >= 0.6 is 0 Å². The number of β-amino-alcohol motifs (C(OH)–C–C–N with tert-alkyl or cyclic N) is 1. The molecule has 6 heteroatoms. The molecule has 0 aliphatic carbocycles. The third-order valence-electron chi connectivity index (χ3n) is 4.08. The molecule has 2 heterocycles. The van der Waals surface area contributed by atoms with Crippen molar-refractivity contribution in [3.05, 3.63) is 30.0 Å². The first kappa shape index (κ1) is 14.9. The predicted octanol–water partition coefficient (Wildman–Crippen LogP) is 1.62. The van der Waals surface area contributed by atoms with Gasteiger partial charge in [0.05, 0.1) is 6.61 Å². The number of amides is 2. The molecule has 0 radical (unpaired) electrons. The number of aliphatic hydroxyl groups excluding tert-OH is 1. The summed E-state index contributed by atoms with van der Waals surface area (Å²) in [5.74, 6) is 0. The number of aliphatic hydroxyl groups is 1. The number of aromatic nitrogens is 1. The highest BCUT2D eigenvalue weighted by Gasteiger charge is 2.20. The lowest BCUT2D eigenvalue weighted by Gasteiger charge is -2.34. The number of H-pyrrole nitrogens is 1. The van der Waals surface area contributed by atoms with Crippen LogP contribution in [0.5, 0.6) is 0 Å². The number of fused-ring (bicyclic) bond motifs is 1. The van der Waals surface area contributed by atoms with Gasteiger partial charge in [0, 0.05) is 55.0 Å². The van der Waals surface area contributed by atoms with Gasteiger partial charge in [-0.15, -0.1) is 0 Å². The topological polar surface area (TPSA) is 71.6 Å². The van der Waals surface area contributed by atoms with E-state index in [-0.39, 0.29) is 12.6 Å². The number of nitrogens with zero attached hydrogens (tertiary/aromatic N) is 2. The Kier molecular flexibility index (Phi) is 4.31. The van der Waals surface area contributed by atoms with Crippen molar-refractivity contribution in [2.75, 3.05) is 44.6 Å². The van der Waals surface area contributed by atoms with Crippen LogP contribution in [0, 0.1) is 6.92 Å². The molecule has 2 amide bonds. The normalized spacial score (nSPS) is 16.2. The van der Waals surface area contributed by atoms with Crippen molar-refractivity contribution >= 4 is 22.6 Å². The number of aryl methyl sites for hydroxylation is 1. The molecule has 1 aliphatic rings. The summed E-state index contributed by atoms with van der Waals surface area (Å²) < 4.78 is 0. The van der Waals surface area contributed by atoms with Gasteiger partial charge in [-0.25, -0.2) is 4.79 Å². The van der Waals surface area contributed by atoms with E-state index in [1.807, 2.05) is 30.0 Å². The molecule has 0 atom stereocenters. The molecule has 0 saturated carbocycles. The third-order valence-corrected chi connectivity index (χ3v) is 4.08. The Hall–Kier alpha value is -2.05. The monoisotopic (exact) mass is 302 g/mol. The van der Waals surface area contributed by atoms with Gasteiger partial charge in [-0.3, -0.25) is 4.90 Å². The summed E-state index contributed by atoms with van der Waals surface area (Å²) in [6, 6.07) is 7.89. The largest absolute Gasteiger partial charge is 0.395 e. The van der Waals surface area contributed by atoms with Crippen molar-refractivity contribution in [2.45, 2.75) is 6.92 Å². The van der Waals surface area contributed by atoms with Crippen molar-refractivity contribution in [1.82, 2.24) is 14.8 Å². The number of piperazine rings is 1. The molecule has 22 heavy (non-hydrogen) atoms. The Balaban J connectivity index is 1.61. The zero-order valence-corrected chi connectivity index (χ0v) is 12.8. The zero-order chi connectivity index (χ0) is 15.5. The molecule has 0 spiro atoms. The number of hydrogen-bond acceptors (Lipinski definition) is 3. The summed E-state index contributed by atoms with van der Waals surface area (Å²) in [5, 5.41) is 13.0. The molecule has 2 aromatic rings. The van der Waals surface area contributed by atoms with Gasteiger partial charge >= 0.3 is 6.03 Å². The second-order valence-electron chi connectivity index (χ2n) is 5.74. The summed E-state index contributed by atoms with van der Waals surface area (Å²) in [7, 11) is 0. The van der Waals surface area contributed by atoms with E-state index in [4.69, 9.17) is 5.11 Å². The number of urea groups is 1. The maximum absolute atomic E-state index is 12.3. The van der Waals surface area contributed by atoms with E-state index in [0.29, 0.717) is 19.6 Å². The first-order chi connectivity index (χ1) is 10.7. The highest BCUT2D eigenvalue weighted by atomic mass is 16.3. The van der Waals surface area contributed by atoms with E-state index >= 15 is 0 Å². The van der Waals surface area contributed by atoms with E-state index in [1.165, 1.54) is 0 Å². The number of anilines is 1. The fourth-order valence-electron chi connectivity index (χ4n) is 2.87. The molecule has 0 unspecified atom stereocenters. The molecule has 3 rings (SSSR count). The van der Waals surface area contributed by atoms with E-state index in [0.717, 1.165) is 35.4 Å². The minimum atomic E-state index is -0.0599. The number of aromatic amines is 1. The van der Waals surface area contributed by atoms with E-state index in [9.17, 15) is 4.79 Å². The maximum atomic E-state index is 12.3. The van der Waals surface area contributed by atoms with Crippen molar-refractivity contribution in [3.8, 4) is 0 Å². The Morgan fingerprint density at radius 3 is 2.77 bits per heavy atom. The molecular weight excluding hydrogens is 280 g/mol. The molecule has 1 saturated heterocycles. The molecule has 118 valence electrons. The molecule has 6 nitrogen and oxygen atoms in total. The lowest BCUT2D eigenvalue weighted by atomic mass is 10.2. The highest BCUT2D eigenvalue weighted by Crippen LogP contribution is 2.20. The van der Waals surface area contributed by atoms with Gasteiger partial charge in [-0.1, -0.05) is 0 Å². The summed E-state index contributed by atoms with van der Waals surface area (Å²) in [6.07, 6.45) is 0. The van der Waals surface area contributed by atoms with E-state index in [1.54, 1.807) is 0 Å². The van der Waals surface area contributed by atoms with Gasteiger partial charge < -0.3 is 20.3 Å². The number of benzene rings is 1. The quantitative estimate of drug-likeness (QED) is 0.807. The fourth-order valence-corrected chi connectivity index (χ4v) is 2.87. The van der Waals surface area contributed by atoms with Gasteiger partial charge in [0.25, 0.3) is 0 Å². The molecular formula is C16H22N4O2. The van der Waals surface area contributed by atoms with Crippen LogP contribution in [0.3, 0.4) is 0 Å². The van der Waals surface area contributed by atoms with Crippen LogP contribution in [0.25, 0.3) is 10.9 Å². The molecule has 1 aliphatic heterocycles. The van der Waals surface area contributed by atoms with E-state index in [2.05, 4.69) is 21.3 Å². The van der Waals surface area contributed by atoms with Gasteiger partial charge in [0.15, 0.2) is 0 Å². The van der Waals surface area contributed by atoms with Gasteiger partial charge in [-0.05, 0) is 31.2 Å². The minimum absolute atomic E-state index is 0.0599. The predicted molar refractivity (Wildman–Crippen MR) is 87.2 cm³/mol. The molecule has 1 aromatic heterocycles. The first-order valence-corrected chi connectivity index (χ1v) is 7.64. The van der Waals surface area contributed by atoms with Crippen molar-refractivity contribution in [2.24, 2.45) is 0 Å². The van der Waals surface area contributed by atoms with Gasteiger partial charge in [-0.2, -0.15) is 0 Å². The highest BCUT2D eigenvalue weighted by molar-refractivity contribution is 5.93. The summed E-state index contributed by atoms with van der Waals surface area (Å²) >= 11 is 0. The lowest BCUT2D eigenvalue weighted by molar-refractivity contribution is 0.127. The molecule has 1 aromatic carbocycles. The number of rotatable bonds is 3. The number of carbonyl (C=O) groups is 1. The first-order valence-electron chi connectivity index (χ1n) is 7.64. The van der Waals surface area contributed by atoms with Crippen molar-refractivity contribution in [1.29, 1.82) is 0 Å². The van der Waals surface area contributed by atoms with E-state index < -0.39 is 0 Å². The van der Waals surface area contributed by atoms with Crippen LogP contribution < -0.4 is 5.32 Å². The zero-order valence-electron chi connectivity index (χ0n) is 12.8. The number of nitrogens with one attached hydrogen (secondary N) is 2. The van der Waals surface area contributed by atoms with Crippen LogP contribution in [-0.2, 0) is 0 Å². The third kappa shape index (κ3) is 3.23. The number of carbonyl (C=O) groups excluding carboxylic acids is 1. The fraction of sp³-hybridized carbons (Fsp3) is 0.438. The molecule has 1 fully saturated rings. The van der Waals surface area contributed by atoms with Gasteiger partial charge in [0.1, 0.15) is 0 Å². The Labute approximate surface area is 129 Å². The van der Waals surface area contributed by atoms with Crippen LogP contribution in [0.4, 0.5) is 10.5 Å². The Morgan fingerprint density at radius 1 is 1.27 bits per heavy atom. The smallest absolute Gasteiger partial charge is 0.321 e.